The Labute approximate surface area is 149 Å². The van der Waals surface area contributed by atoms with Crippen LogP contribution in [0.1, 0.15) is 36.4 Å². The van der Waals surface area contributed by atoms with Gasteiger partial charge in [-0.2, -0.15) is 0 Å². The summed E-state index contributed by atoms with van der Waals surface area (Å²) in [6.45, 7) is 10.8. The molecule has 0 atom stereocenters. The number of phenols is 1. The highest BCUT2D eigenvalue weighted by atomic mass is 16.3. The Hall–Kier alpha value is -2.57. The normalized spacial score (nSPS) is 11.6. The lowest BCUT2D eigenvalue weighted by molar-refractivity contribution is 0.466. The summed E-state index contributed by atoms with van der Waals surface area (Å²) in [5.41, 5.74) is 2.84. The highest BCUT2D eigenvalue weighted by molar-refractivity contribution is 5.79. The molecule has 0 fully saturated rings. The first-order valence-corrected chi connectivity index (χ1v) is 8.73. The molecule has 25 heavy (non-hydrogen) atoms. The van der Waals surface area contributed by atoms with Crippen LogP contribution in [0.5, 0.6) is 5.75 Å². The topological polar surface area (TPSA) is 87.4 Å². The van der Waals surface area contributed by atoms with Crippen LogP contribution in [-0.2, 0) is 19.5 Å². The number of phenolic OH excluding ortho intramolecular Hbond substituents is 1. The van der Waals surface area contributed by atoms with Crippen LogP contribution in [-0.4, -0.2) is 38.9 Å². The number of aliphatic imine (C=N–C) groups is 1. The van der Waals surface area contributed by atoms with Crippen LogP contribution in [0.2, 0.25) is 0 Å². The van der Waals surface area contributed by atoms with Crippen molar-refractivity contribution in [2.75, 3.05) is 13.1 Å². The molecule has 0 aliphatic rings. The van der Waals surface area contributed by atoms with Gasteiger partial charge in [0.1, 0.15) is 17.9 Å². The van der Waals surface area contributed by atoms with Gasteiger partial charge in [-0.05, 0) is 37.5 Å². The number of aromatic nitrogens is 3. The van der Waals surface area contributed by atoms with E-state index in [1.54, 1.807) is 6.33 Å². The molecule has 3 N–H and O–H groups in total. The Kier molecular flexibility index (Phi) is 6.80. The molecule has 0 aliphatic carbocycles. The second-order valence-electron chi connectivity index (χ2n) is 5.99. The third-order valence-electron chi connectivity index (χ3n) is 3.97. The van der Waals surface area contributed by atoms with Crippen LogP contribution in [0.25, 0.3) is 0 Å². The van der Waals surface area contributed by atoms with Gasteiger partial charge in [0.2, 0.25) is 0 Å². The summed E-state index contributed by atoms with van der Waals surface area (Å²) in [5.74, 6) is 2.12. The SMILES string of the molecule is CCNC(=NCc1cc(C)c(O)c(C)c1)NCCn1cnnc1CC. The molecule has 2 aromatic rings. The van der Waals surface area contributed by atoms with Crippen molar-refractivity contribution in [1.82, 2.24) is 25.4 Å². The average molecular weight is 344 g/mol. The number of aromatic hydroxyl groups is 1. The highest BCUT2D eigenvalue weighted by Gasteiger charge is 2.05. The Morgan fingerprint density at radius 2 is 1.92 bits per heavy atom. The first-order chi connectivity index (χ1) is 12.0. The molecule has 2 rings (SSSR count). The summed E-state index contributed by atoms with van der Waals surface area (Å²) >= 11 is 0. The van der Waals surface area contributed by atoms with Crippen molar-refractivity contribution < 1.29 is 5.11 Å². The van der Waals surface area contributed by atoms with Gasteiger partial charge in [0.25, 0.3) is 0 Å². The van der Waals surface area contributed by atoms with Crippen molar-refractivity contribution in [1.29, 1.82) is 0 Å². The van der Waals surface area contributed by atoms with Crippen LogP contribution in [0.4, 0.5) is 0 Å². The van der Waals surface area contributed by atoms with Gasteiger partial charge >= 0.3 is 0 Å². The minimum absolute atomic E-state index is 0.360. The van der Waals surface area contributed by atoms with E-state index < -0.39 is 0 Å². The standard InChI is InChI=1S/C18H28N6O/c1-5-16-23-22-12-24(16)8-7-20-18(19-6-2)21-11-15-9-13(3)17(25)14(4)10-15/h9-10,12,25H,5-8,11H2,1-4H3,(H2,19,20,21). The number of guanidine groups is 1. The molecule has 136 valence electrons. The molecule has 0 amide bonds. The number of aryl methyl sites for hydroxylation is 3. The smallest absolute Gasteiger partial charge is 0.191 e. The first kappa shape index (κ1) is 18.8. The molecule has 1 heterocycles. The number of hydrogen-bond acceptors (Lipinski definition) is 4. The van der Waals surface area contributed by atoms with E-state index in [0.717, 1.165) is 54.5 Å². The lowest BCUT2D eigenvalue weighted by atomic mass is 10.1. The quantitative estimate of drug-likeness (QED) is 0.528. The van der Waals surface area contributed by atoms with Gasteiger partial charge < -0.3 is 20.3 Å². The van der Waals surface area contributed by atoms with E-state index in [-0.39, 0.29) is 0 Å². The molecule has 1 aromatic heterocycles. The fraction of sp³-hybridized carbons (Fsp3) is 0.500. The van der Waals surface area contributed by atoms with Crippen molar-refractivity contribution >= 4 is 5.96 Å². The Balaban J connectivity index is 1.96. The summed E-state index contributed by atoms with van der Waals surface area (Å²) in [4.78, 5) is 4.63. The van der Waals surface area contributed by atoms with Crippen molar-refractivity contribution in [2.24, 2.45) is 4.99 Å². The molecule has 7 heteroatoms. The number of nitrogens with one attached hydrogen (secondary N) is 2. The summed E-state index contributed by atoms with van der Waals surface area (Å²) < 4.78 is 2.04. The van der Waals surface area contributed by atoms with Gasteiger partial charge in [0.05, 0.1) is 6.54 Å². The highest BCUT2D eigenvalue weighted by Crippen LogP contribution is 2.23. The van der Waals surface area contributed by atoms with Crippen LogP contribution in [0.3, 0.4) is 0 Å². The molecule has 0 aliphatic heterocycles. The van der Waals surface area contributed by atoms with Gasteiger partial charge in [-0.25, -0.2) is 4.99 Å². The zero-order chi connectivity index (χ0) is 18.2. The van der Waals surface area contributed by atoms with Gasteiger partial charge in [-0.3, -0.25) is 0 Å². The molecule has 0 radical (unpaired) electrons. The zero-order valence-electron chi connectivity index (χ0n) is 15.5. The maximum atomic E-state index is 9.87. The predicted octanol–water partition coefficient (Wildman–Crippen LogP) is 1.92. The van der Waals surface area contributed by atoms with E-state index in [1.807, 2.05) is 37.5 Å². The molecule has 7 nitrogen and oxygen atoms in total. The number of nitrogens with zero attached hydrogens (tertiary/aromatic N) is 4. The minimum atomic E-state index is 0.360. The summed E-state index contributed by atoms with van der Waals surface area (Å²) in [6, 6.07) is 3.94. The summed E-state index contributed by atoms with van der Waals surface area (Å²) in [6.07, 6.45) is 2.63. The largest absolute Gasteiger partial charge is 0.507 e. The van der Waals surface area contributed by atoms with Gasteiger partial charge in [-0.1, -0.05) is 19.1 Å². The summed E-state index contributed by atoms with van der Waals surface area (Å²) in [5, 5.41) is 24.5. The Morgan fingerprint density at radius 1 is 1.20 bits per heavy atom. The number of benzene rings is 1. The molecule has 0 spiro atoms. The monoisotopic (exact) mass is 344 g/mol. The third kappa shape index (κ3) is 5.20. The van der Waals surface area contributed by atoms with Crippen molar-refractivity contribution in [3.63, 3.8) is 0 Å². The van der Waals surface area contributed by atoms with E-state index in [1.165, 1.54) is 0 Å². The molecule has 1 aromatic carbocycles. The molecule has 0 bridgehead atoms. The first-order valence-electron chi connectivity index (χ1n) is 8.73. The minimum Gasteiger partial charge on any atom is -0.507 e. The van der Waals surface area contributed by atoms with Gasteiger partial charge in [0, 0.05) is 26.1 Å². The van der Waals surface area contributed by atoms with Crippen molar-refractivity contribution in [3.05, 3.63) is 41.0 Å². The van der Waals surface area contributed by atoms with Crippen LogP contribution < -0.4 is 10.6 Å². The van der Waals surface area contributed by atoms with Gasteiger partial charge in [-0.15, -0.1) is 10.2 Å². The van der Waals surface area contributed by atoms with Crippen molar-refractivity contribution in [3.8, 4) is 5.75 Å². The van der Waals surface area contributed by atoms with E-state index in [9.17, 15) is 5.11 Å². The fourth-order valence-corrected chi connectivity index (χ4v) is 2.68. The predicted molar refractivity (Wildman–Crippen MR) is 99.8 cm³/mol. The van der Waals surface area contributed by atoms with Crippen molar-refractivity contribution in [2.45, 2.75) is 47.2 Å². The van der Waals surface area contributed by atoms with E-state index >= 15 is 0 Å². The van der Waals surface area contributed by atoms with Crippen LogP contribution in [0.15, 0.2) is 23.5 Å². The maximum absolute atomic E-state index is 9.87. The van der Waals surface area contributed by atoms with E-state index in [2.05, 4.69) is 32.7 Å². The maximum Gasteiger partial charge on any atom is 0.191 e. The lowest BCUT2D eigenvalue weighted by Gasteiger charge is -2.13. The molecular weight excluding hydrogens is 316 g/mol. The second-order valence-corrected chi connectivity index (χ2v) is 5.99. The van der Waals surface area contributed by atoms with Crippen LogP contribution >= 0.6 is 0 Å². The Bertz CT molecular complexity index is 699. The van der Waals surface area contributed by atoms with Gasteiger partial charge in [0.15, 0.2) is 5.96 Å². The third-order valence-corrected chi connectivity index (χ3v) is 3.97. The zero-order valence-corrected chi connectivity index (χ0v) is 15.5. The average Bonchev–Trinajstić information content (AvgIpc) is 3.05. The second kappa shape index (κ2) is 9.05. The lowest BCUT2D eigenvalue weighted by Crippen LogP contribution is -2.38. The molecule has 0 saturated heterocycles. The van der Waals surface area contributed by atoms with E-state index in [4.69, 9.17) is 0 Å². The number of rotatable bonds is 7. The molecule has 0 unspecified atom stereocenters. The summed E-state index contributed by atoms with van der Waals surface area (Å²) in [7, 11) is 0. The Morgan fingerprint density at radius 3 is 2.56 bits per heavy atom. The van der Waals surface area contributed by atoms with Crippen LogP contribution in [0, 0.1) is 13.8 Å². The molecule has 0 saturated carbocycles. The molecular formula is C18H28N6O. The fourth-order valence-electron chi connectivity index (χ4n) is 2.68. The van der Waals surface area contributed by atoms with E-state index in [0.29, 0.717) is 12.3 Å². The number of hydrogen-bond donors (Lipinski definition) is 3.